The Hall–Kier alpha value is -1.80. The molecule has 0 amide bonds. The summed E-state index contributed by atoms with van der Waals surface area (Å²) in [5, 5.41) is 19.1. The zero-order valence-corrected chi connectivity index (χ0v) is 10.6. The van der Waals surface area contributed by atoms with E-state index in [0.29, 0.717) is 6.07 Å². The van der Waals surface area contributed by atoms with E-state index in [1.807, 2.05) is 0 Å². The first-order chi connectivity index (χ1) is 9.22. The average Bonchev–Trinajstić information content (AvgIpc) is 2.43. The fourth-order valence-corrected chi connectivity index (χ4v) is 1.59. The molecule has 0 radical (unpaired) electrons. The lowest BCUT2D eigenvalue weighted by Crippen LogP contribution is -2.30. The molecule has 2 unspecified atom stereocenters. The molecule has 5 nitrogen and oxygen atoms in total. The van der Waals surface area contributed by atoms with Gasteiger partial charge in [0.25, 0.3) is 0 Å². The van der Waals surface area contributed by atoms with Crippen LogP contribution in [0.4, 0.5) is 13.2 Å². The second kappa shape index (κ2) is 6.10. The predicted molar refractivity (Wildman–Crippen MR) is 61.0 cm³/mol. The summed E-state index contributed by atoms with van der Waals surface area (Å²) in [6.07, 6.45) is -8.96. The smallest absolute Gasteiger partial charge is 0.416 e. The maximum atomic E-state index is 12.9. The van der Waals surface area contributed by atoms with Crippen molar-refractivity contribution in [3.8, 4) is 5.75 Å². The first kappa shape index (κ1) is 16.3. The fourth-order valence-electron chi connectivity index (χ4n) is 1.59. The molecule has 0 aromatic heterocycles. The molecule has 0 aliphatic rings. The third-order valence-electron chi connectivity index (χ3n) is 2.63. The molecule has 0 saturated carbocycles. The van der Waals surface area contributed by atoms with Crippen LogP contribution >= 0.6 is 0 Å². The maximum Gasteiger partial charge on any atom is 0.416 e. The average molecular weight is 294 g/mol. The molecular weight excluding hydrogens is 281 g/mol. The van der Waals surface area contributed by atoms with Crippen molar-refractivity contribution < 1.29 is 37.7 Å². The van der Waals surface area contributed by atoms with Crippen molar-refractivity contribution >= 4 is 5.97 Å². The molecule has 0 aliphatic heterocycles. The Morgan fingerprint density at radius 1 is 1.25 bits per heavy atom. The SMILES string of the molecule is COC(=O)C(O)C(O)c1ccc(OC)cc1C(F)(F)F. The van der Waals surface area contributed by atoms with Gasteiger partial charge in [0.05, 0.1) is 19.8 Å². The number of methoxy groups -OCH3 is 2. The number of hydrogen-bond donors (Lipinski definition) is 2. The van der Waals surface area contributed by atoms with E-state index in [4.69, 9.17) is 0 Å². The van der Waals surface area contributed by atoms with Crippen molar-refractivity contribution in [1.82, 2.24) is 0 Å². The van der Waals surface area contributed by atoms with E-state index in [0.717, 1.165) is 13.2 Å². The van der Waals surface area contributed by atoms with Crippen molar-refractivity contribution in [2.24, 2.45) is 0 Å². The van der Waals surface area contributed by atoms with E-state index in [2.05, 4.69) is 9.47 Å². The fraction of sp³-hybridized carbons (Fsp3) is 0.417. The number of ether oxygens (including phenoxy) is 2. The van der Waals surface area contributed by atoms with Crippen LogP contribution in [0.5, 0.6) is 5.75 Å². The highest BCUT2D eigenvalue weighted by Crippen LogP contribution is 2.37. The van der Waals surface area contributed by atoms with Crippen LogP contribution in [0, 0.1) is 0 Å². The minimum Gasteiger partial charge on any atom is -0.497 e. The Kier molecular flexibility index (Phi) is 4.96. The van der Waals surface area contributed by atoms with Crippen molar-refractivity contribution in [1.29, 1.82) is 0 Å². The Morgan fingerprint density at radius 2 is 1.85 bits per heavy atom. The number of rotatable bonds is 4. The Labute approximate surface area is 112 Å². The molecule has 1 aromatic rings. The summed E-state index contributed by atoms with van der Waals surface area (Å²) < 4.78 is 47.6. The largest absolute Gasteiger partial charge is 0.497 e. The number of halogens is 3. The standard InChI is InChI=1S/C12H13F3O5/c1-19-6-3-4-7(8(5-6)12(13,14)15)9(16)10(17)11(18)20-2/h3-5,9-10,16-17H,1-2H3. The van der Waals surface area contributed by atoms with Crippen molar-refractivity contribution in [2.45, 2.75) is 18.4 Å². The van der Waals surface area contributed by atoms with E-state index in [1.54, 1.807) is 0 Å². The third-order valence-corrected chi connectivity index (χ3v) is 2.63. The Balaban J connectivity index is 3.26. The Bertz CT molecular complexity index is 486. The van der Waals surface area contributed by atoms with Gasteiger partial charge >= 0.3 is 12.1 Å². The van der Waals surface area contributed by atoms with Gasteiger partial charge in [-0.3, -0.25) is 0 Å². The molecular formula is C12H13F3O5. The van der Waals surface area contributed by atoms with Gasteiger partial charge in [0, 0.05) is 0 Å². The highest BCUT2D eigenvalue weighted by molar-refractivity contribution is 5.75. The van der Waals surface area contributed by atoms with E-state index in [1.165, 1.54) is 13.2 Å². The topological polar surface area (TPSA) is 76.0 Å². The molecule has 20 heavy (non-hydrogen) atoms. The van der Waals surface area contributed by atoms with Gasteiger partial charge in [-0.25, -0.2) is 4.79 Å². The first-order valence-corrected chi connectivity index (χ1v) is 5.41. The van der Waals surface area contributed by atoms with E-state index in [-0.39, 0.29) is 5.75 Å². The van der Waals surface area contributed by atoms with E-state index >= 15 is 0 Å². The first-order valence-electron chi connectivity index (χ1n) is 5.41. The zero-order chi connectivity index (χ0) is 15.5. The van der Waals surface area contributed by atoms with Crippen LogP contribution in [0.3, 0.4) is 0 Å². The second-order valence-corrected chi connectivity index (χ2v) is 3.86. The molecule has 0 fully saturated rings. The molecule has 2 atom stereocenters. The van der Waals surface area contributed by atoms with Gasteiger partial charge in [0.15, 0.2) is 6.10 Å². The molecule has 2 N–H and O–H groups in total. The van der Waals surface area contributed by atoms with Gasteiger partial charge in [0.1, 0.15) is 11.9 Å². The lowest BCUT2D eigenvalue weighted by atomic mass is 9.98. The number of hydrogen-bond acceptors (Lipinski definition) is 5. The summed E-state index contributed by atoms with van der Waals surface area (Å²) >= 11 is 0. The summed E-state index contributed by atoms with van der Waals surface area (Å²) in [5.41, 5.74) is -1.84. The highest BCUT2D eigenvalue weighted by Gasteiger charge is 2.38. The van der Waals surface area contributed by atoms with Crippen molar-refractivity contribution in [3.05, 3.63) is 29.3 Å². The van der Waals surface area contributed by atoms with E-state index < -0.39 is 35.5 Å². The van der Waals surface area contributed by atoms with Gasteiger partial charge in [-0.15, -0.1) is 0 Å². The molecule has 0 bridgehead atoms. The van der Waals surface area contributed by atoms with Crippen LogP contribution in [0.15, 0.2) is 18.2 Å². The summed E-state index contributed by atoms with van der Waals surface area (Å²) in [7, 11) is 2.13. The monoisotopic (exact) mass is 294 g/mol. The third kappa shape index (κ3) is 3.40. The summed E-state index contributed by atoms with van der Waals surface area (Å²) in [5.74, 6) is -1.30. The van der Waals surface area contributed by atoms with Crippen molar-refractivity contribution in [2.75, 3.05) is 14.2 Å². The number of carbonyl (C=O) groups is 1. The number of alkyl halides is 3. The second-order valence-electron chi connectivity index (χ2n) is 3.86. The van der Waals surface area contributed by atoms with Crippen LogP contribution in [0.25, 0.3) is 0 Å². The van der Waals surface area contributed by atoms with Crippen LogP contribution in [0.1, 0.15) is 17.2 Å². The van der Waals surface area contributed by atoms with Gasteiger partial charge in [-0.05, 0) is 17.7 Å². The number of carbonyl (C=O) groups excluding carboxylic acids is 1. The molecule has 0 saturated heterocycles. The number of benzene rings is 1. The number of aliphatic hydroxyl groups is 2. The normalized spacial score (nSPS) is 14.6. The molecule has 0 spiro atoms. The van der Waals surface area contributed by atoms with Crippen molar-refractivity contribution in [3.63, 3.8) is 0 Å². The molecule has 0 aliphatic carbocycles. The summed E-state index contributed by atoms with van der Waals surface area (Å²) in [4.78, 5) is 11.1. The van der Waals surface area contributed by atoms with Crippen LogP contribution in [0.2, 0.25) is 0 Å². The van der Waals surface area contributed by atoms with Crippen LogP contribution in [-0.2, 0) is 15.7 Å². The molecule has 1 aromatic carbocycles. The van der Waals surface area contributed by atoms with E-state index in [9.17, 15) is 28.2 Å². The molecule has 112 valence electrons. The molecule has 1 rings (SSSR count). The zero-order valence-electron chi connectivity index (χ0n) is 10.6. The lowest BCUT2D eigenvalue weighted by molar-refractivity contribution is -0.158. The van der Waals surface area contributed by atoms with Gasteiger partial charge in [0.2, 0.25) is 0 Å². The predicted octanol–water partition coefficient (Wildman–Crippen LogP) is 1.28. The van der Waals surface area contributed by atoms with Gasteiger partial charge in [-0.2, -0.15) is 13.2 Å². The molecule has 0 heterocycles. The number of aliphatic hydroxyl groups excluding tert-OH is 2. The summed E-state index contributed by atoms with van der Waals surface area (Å²) in [6, 6.07) is 2.78. The van der Waals surface area contributed by atoms with Gasteiger partial charge in [-0.1, -0.05) is 6.07 Å². The van der Waals surface area contributed by atoms with Crippen LogP contribution in [-0.4, -0.2) is 36.5 Å². The van der Waals surface area contributed by atoms with Gasteiger partial charge < -0.3 is 19.7 Å². The molecule has 8 heteroatoms. The maximum absolute atomic E-state index is 12.9. The quantitative estimate of drug-likeness (QED) is 0.818. The number of esters is 1. The summed E-state index contributed by atoms with van der Waals surface area (Å²) in [6.45, 7) is 0. The minimum atomic E-state index is -4.78. The van der Waals surface area contributed by atoms with Crippen LogP contribution < -0.4 is 4.74 Å². The Morgan fingerprint density at radius 3 is 2.30 bits per heavy atom. The minimum absolute atomic E-state index is 0.0687. The highest BCUT2D eigenvalue weighted by atomic mass is 19.4. The lowest BCUT2D eigenvalue weighted by Gasteiger charge is -2.21.